The Morgan fingerprint density at radius 1 is 1.19 bits per heavy atom. The second-order valence-electron chi connectivity index (χ2n) is 9.15. The van der Waals surface area contributed by atoms with E-state index in [0.717, 1.165) is 5.56 Å². The third-order valence-electron chi connectivity index (χ3n) is 5.95. The first-order chi connectivity index (χ1) is 12.0. The average Bonchev–Trinajstić information content (AvgIpc) is 2.56. The van der Waals surface area contributed by atoms with Crippen LogP contribution in [0, 0.1) is 11.8 Å². The van der Waals surface area contributed by atoms with Crippen LogP contribution in [0.25, 0.3) is 0 Å². The number of aliphatic hydroxyl groups excluding tert-OH is 1. The standard InChI is InChI=1S/C21H34O4Si/c1-15-12-17(20(23)24-14-16-10-8-7-9-11-16)13-18(19(15)22)25-26(5,6)21(2,3)4/h7-11,15,17-19,22H,12-14H2,1-6H3. The summed E-state index contributed by atoms with van der Waals surface area (Å²) in [6.07, 6.45) is 0.355. The van der Waals surface area contributed by atoms with Gasteiger partial charge in [-0.2, -0.15) is 0 Å². The Bertz CT molecular complexity index is 594. The number of carbonyl (C=O) groups excluding carboxylic acids is 1. The molecule has 26 heavy (non-hydrogen) atoms. The fraction of sp³-hybridized carbons (Fsp3) is 0.667. The number of rotatable bonds is 5. The maximum Gasteiger partial charge on any atom is 0.309 e. The zero-order valence-corrected chi connectivity index (χ0v) is 18.0. The van der Waals surface area contributed by atoms with Crippen LogP contribution in [0.2, 0.25) is 18.1 Å². The van der Waals surface area contributed by atoms with Crippen molar-refractivity contribution in [2.45, 2.75) is 77.5 Å². The van der Waals surface area contributed by atoms with Gasteiger partial charge in [-0.25, -0.2) is 0 Å². The molecular weight excluding hydrogens is 344 g/mol. The Kier molecular flexibility index (Phi) is 6.69. The third-order valence-corrected chi connectivity index (χ3v) is 10.5. The second kappa shape index (κ2) is 8.24. The summed E-state index contributed by atoms with van der Waals surface area (Å²) in [5, 5.41) is 10.7. The Morgan fingerprint density at radius 3 is 2.38 bits per heavy atom. The van der Waals surface area contributed by atoms with Gasteiger partial charge in [-0.05, 0) is 42.5 Å². The first kappa shape index (κ1) is 21.1. The molecule has 1 aromatic carbocycles. The lowest BCUT2D eigenvalue weighted by Crippen LogP contribution is -2.51. The summed E-state index contributed by atoms with van der Waals surface area (Å²) >= 11 is 0. The Hall–Kier alpha value is -1.17. The van der Waals surface area contributed by atoms with Gasteiger partial charge in [0.1, 0.15) is 6.61 Å². The summed E-state index contributed by atoms with van der Waals surface area (Å²) < 4.78 is 12.0. The monoisotopic (exact) mass is 378 g/mol. The lowest BCUT2D eigenvalue weighted by Gasteiger charge is -2.44. The van der Waals surface area contributed by atoms with Crippen LogP contribution in [-0.4, -0.2) is 31.6 Å². The van der Waals surface area contributed by atoms with Crippen molar-refractivity contribution in [3.05, 3.63) is 35.9 Å². The summed E-state index contributed by atoms with van der Waals surface area (Å²) in [7, 11) is -2.01. The molecule has 0 radical (unpaired) electrons. The lowest BCUT2D eigenvalue weighted by molar-refractivity contribution is -0.156. The summed E-state index contributed by atoms with van der Waals surface area (Å²) in [4.78, 5) is 12.6. The first-order valence-corrected chi connectivity index (χ1v) is 12.5. The van der Waals surface area contributed by atoms with Crippen LogP contribution < -0.4 is 0 Å². The van der Waals surface area contributed by atoms with E-state index >= 15 is 0 Å². The van der Waals surface area contributed by atoms with Crippen molar-refractivity contribution in [3.8, 4) is 0 Å². The Labute approximate surface area is 159 Å². The van der Waals surface area contributed by atoms with E-state index < -0.39 is 14.4 Å². The zero-order chi connectivity index (χ0) is 19.5. The van der Waals surface area contributed by atoms with Crippen molar-refractivity contribution in [3.63, 3.8) is 0 Å². The minimum atomic E-state index is -2.01. The summed E-state index contributed by atoms with van der Waals surface area (Å²) in [6.45, 7) is 13.2. The van der Waals surface area contributed by atoms with Gasteiger partial charge in [0.15, 0.2) is 8.32 Å². The topological polar surface area (TPSA) is 55.8 Å². The summed E-state index contributed by atoms with van der Waals surface area (Å²) in [5.41, 5.74) is 0.985. The predicted molar refractivity (Wildman–Crippen MR) is 106 cm³/mol. The molecule has 0 amide bonds. The van der Waals surface area contributed by atoms with Gasteiger partial charge in [-0.3, -0.25) is 4.79 Å². The molecule has 5 heteroatoms. The quantitative estimate of drug-likeness (QED) is 0.604. The number of benzene rings is 1. The third kappa shape index (κ3) is 5.18. The van der Waals surface area contributed by atoms with Crippen LogP contribution in [0.1, 0.15) is 46.1 Å². The Balaban J connectivity index is 2.00. The van der Waals surface area contributed by atoms with E-state index in [4.69, 9.17) is 9.16 Å². The van der Waals surface area contributed by atoms with Crippen LogP contribution >= 0.6 is 0 Å². The minimum Gasteiger partial charge on any atom is -0.461 e. The minimum absolute atomic E-state index is 0.0211. The highest BCUT2D eigenvalue weighted by atomic mass is 28.4. The average molecular weight is 379 g/mol. The van der Waals surface area contributed by atoms with E-state index in [1.165, 1.54) is 0 Å². The molecule has 0 spiro atoms. The largest absolute Gasteiger partial charge is 0.461 e. The molecule has 4 atom stereocenters. The highest BCUT2D eigenvalue weighted by Gasteiger charge is 2.45. The van der Waals surface area contributed by atoms with E-state index in [1.54, 1.807) is 0 Å². The number of hydrogen-bond acceptors (Lipinski definition) is 4. The molecule has 0 aliphatic heterocycles. The van der Waals surface area contributed by atoms with E-state index in [9.17, 15) is 9.90 Å². The van der Waals surface area contributed by atoms with Gasteiger partial charge in [0, 0.05) is 0 Å². The molecule has 0 bridgehead atoms. The molecule has 0 saturated heterocycles. The molecular formula is C21H34O4Si. The van der Waals surface area contributed by atoms with Gasteiger partial charge in [-0.1, -0.05) is 58.0 Å². The van der Waals surface area contributed by atoms with Crippen LogP contribution in [0.5, 0.6) is 0 Å². The van der Waals surface area contributed by atoms with Crippen LogP contribution in [-0.2, 0) is 20.6 Å². The molecule has 146 valence electrons. The van der Waals surface area contributed by atoms with Gasteiger partial charge in [0.2, 0.25) is 0 Å². The highest BCUT2D eigenvalue weighted by molar-refractivity contribution is 6.74. The van der Waals surface area contributed by atoms with Crippen molar-refractivity contribution in [2.24, 2.45) is 11.8 Å². The number of esters is 1. The number of hydrogen-bond donors (Lipinski definition) is 1. The van der Waals surface area contributed by atoms with Crippen LogP contribution in [0.4, 0.5) is 0 Å². The van der Waals surface area contributed by atoms with Gasteiger partial charge < -0.3 is 14.3 Å². The number of carbonyl (C=O) groups is 1. The van der Waals surface area contributed by atoms with Crippen molar-refractivity contribution in [1.29, 1.82) is 0 Å². The SMILES string of the molecule is CC1CC(C(=O)OCc2ccccc2)CC(O[Si](C)(C)C(C)(C)C)C1O. The molecule has 1 N–H and O–H groups in total. The van der Waals surface area contributed by atoms with E-state index in [0.29, 0.717) is 19.4 Å². The predicted octanol–water partition coefficient (Wildman–Crippen LogP) is 4.53. The number of aliphatic hydroxyl groups is 1. The zero-order valence-electron chi connectivity index (χ0n) is 17.0. The maximum atomic E-state index is 12.6. The summed E-state index contributed by atoms with van der Waals surface area (Å²) in [6, 6.07) is 9.71. The molecule has 1 saturated carbocycles. The fourth-order valence-electron chi connectivity index (χ4n) is 3.18. The summed E-state index contributed by atoms with van der Waals surface area (Å²) in [5.74, 6) is -0.379. The van der Waals surface area contributed by atoms with Crippen LogP contribution in [0.15, 0.2) is 30.3 Å². The normalized spacial score (nSPS) is 27.2. The van der Waals surface area contributed by atoms with Crippen molar-refractivity contribution >= 4 is 14.3 Å². The lowest BCUT2D eigenvalue weighted by atomic mass is 9.78. The van der Waals surface area contributed by atoms with E-state index in [1.807, 2.05) is 37.3 Å². The molecule has 4 nitrogen and oxygen atoms in total. The molecule has 1 aromatic rings. The van der Waals surface area contributed by atoms with E-state index in [2.05, 4.69) is 33.9 Å². The van der Waals surface area contributed by atoms with Crippen molar-refractivity contribution in [1.82, 2.24) is 0 Å². The molecule has 4 unspecified atom stereocenters. The molecule has 1 aliphatic carbocycles. The molecule has 0 aromatic heterocycles. The molecule has 1 aliphatic rings. The van der Waals surface area contributed by atoms with Gasteiger partial charge in [0.05, 0.1) is 18.1 Å². The van der Waals surface area contributed by atoms with Gasteiger partial charge >= 0.3 is 5.97 Å². The van der Waals surface area contributed by atoms with Crippen molar-refractivity contribution in [2.75, 3.05) is 0 Å². The van der Waals surface area contributed by atoms with Gasteiger partial charge in [-0.15, -0.1) is 0 Å². The second-order valence-corrected chi connectivity index (χ2v) is 13.9. The Morgan fingerprint density at radius 2 is 1.81 bits per heavy atom. The molecule has 1 fully saturated rings. The number of ether oxygens (including phenoxy) is 1. The van der Waals surface area contributed by atoms with Crippen LogP contribution in [0.3, 0.4) is 0 Å². The molecule has 0 heterocycles. The van der Waals surface area contributed by atoms with Crippen molar-refractivity contribution < 1.29 is 19.1 Å². The first-order valence-electron chi connectivity index (χ1n) is 9.57. The highest BCUT2D eigenvalue weighted by Crippen LogP contribution is 2.41. The van der Waals surface area contributed by atoms with Gasteiger partial charge in [0.25, 0.3) is 0 Å². The smallest absolute Gasteiger partial charge is 0.309 e. The maximum absolute atomic E-state index is 12.6. The molecule has 2 rings (SSSR count). The fourth-order valence-corrected chi connectivity index (χ4v) is 4.53. The van der Waals surface area contributed by atoms with E-state index in [-0.39, 0.29) is 28.9 Å².